The number of thiocarbonyl (C=S) groups is 1. The van der Waals surface area contributed by atoms with Crippen LogP contribution in [-0.4, -0.2) is 57.0 Å². The number of hydrogen-bond donors (Lipinski definition) is 2. The molecule has 0 aliphatic heterocycles. The number of aliphatic hydroxyl groups excluding tert-OH is 2. The minimum Gasteiger partial charge on any atom is -0.781 e. The summed E-state index contributed by atoms with van der Waals surface area (Å²) in [6.45, 7) is 28.6. The van der Waals surface area contributed by atoms with Crippen LogP contribution in [0.25, 0.3) is 0 Å². The van der Waals surface area contributed by atoms with Crippen LogP contribution in [0.15, 0.2) is 52.6 Å². The third-order valence-electron chi connectivity index (χ3n) is 0.454. The normalized spacial score (nSPS) is 6.12. The van der Waals surface area contributed by atoms with E-state index in [2.05, 4.69) is 79.3 Å². The Labute approximate surface area is 313 Å². The topological polar surface area (TPSA) is 133 Å². The van der Waals surface area contributed by atoms with E-state index in [9.17, 15) is 14.0 Å². The van der Waals surface area contributed by atoms with Crippen molar-refractivity contribution in [3.05, 3.63) is 52.6 Å². The van der Waals surface area contributed by atoms with Gasteiger partial charge < -0.3 is 51.1 Å². The number of hydrogen-bond acceptors (Lipinski definition) is 9. The molecule has 0 saturated heterocycles. The standard InChI is InChI=1S/C2H7O2P.C2H3O.C2H3S.4C2H4.CH5O3P.2CH4O.CH4.4Y/c1-4-5(2)3;2*1-2-3;4*1-2;1-4-5(2)3;2*1-2;;;;;/h5H,1-2H3;2*1H3;4*1-2H2;5H,1H3,(H,2,3);2*2H,1H3;1H4;;;;/q;2*-1;;;;;;;;;;;;/p-1. The Morgan fingerprint density at radius 1 is 0.758 bits per heavy atom. The van der Waals surface area contributed by atoms with Crippen LogP contribution in [0.2, 0.25) is 0 Å². The van der Waals surface area contributed by atoms with E-state index in [4.69, 9.17) is 15.0 Å². The monoisotopic (exact) mass is 839 g/mol. The van der Waals surface area contributed by atoms with Gasteiger partial charge in [0.25, 0.3) is 0 Å². The van der Waals surface area contributed by atoms with Crippen molar-refractivity contribution in [1.29, 1.82) is 0 Å². The molecule has 0 aromatic carbocycles. The largest absolute Gasteiger partial charge is 0.781 e. The van der Waals surface area contributed by atoms with Crippen LogP contribution < -0.4 is 4.89 Å². The molecule has 0 aromatic heterocycles. The molecule has 8 nitrogen and oxygen atoms in total. The number of aliphatic hydroxyl groups is 2. The van der Waals surface area contributed by atoms with Gasteiger partial charge in [-0.15, -0.1) is 52.6 Å². The zero-order valence-electron chi connectivity index (χ0n) is 20.7. The summed E-state index contributed by atoms with van der Waals surface area (Å²) in [4.78, 5) is 17.9. The molecule has 0 aliphatic rings. The van der Waals surface area contributed by atoms with Gasteiger partial charge >= 0.3 is 0 Å². The molecule has 2 atom stereocenters. The zero-order chi connectivity index (χ0) is 26.0. The molecule has 2 N–H and O–H groups in total. The van der Waals surface area contributed by atoms with E-state index in [1.165, 1.54) is 20.3 Å². The molecular formula is C18H45O8P2SY4-3. The van der Waals surface area contributed by atoms with Gasteiger partial charge in [-0.25, -0.2) is 0 Å². The van der Waals surface area contributed by atoms with Crippen LogP contribution in [0, 0.1) is 0 Å². The van der Waals surface area contributed by atoms with Crippen molar-refractivity contribution in [2.24, 2.45) is 0 Å². The van der Waals surface area contributed by atoms with Gasteiger partial charge in [-0.05, 0) is 0 Å². The van der Waals surface area contributed by atoms with Gasteiger partial charge in [0.05, 0.1) is 0 Å². The van der Waals surface area contributed by atoms with Gasteiger partial charge in [-0.2, -0.15) is 13.8 Å². The molecule has 33 heavy (non-hydrogen) atoms. The van der Waals surface area contributed by atoms with Crippen LogP contribution in [0.3, 0.4) is 0 Å². The van der Waals surface area contributed by atoms with Gasteiger partial charge in [-0.1, -0.05) is 7.43 Å². The van der Waals surface area contributed by atoms with E-state index in [1.807, 2.05) is 0 Å². The Hall–Kier alpha value is 3.40. The van der Waals surface area contributed by atoms with Crippen LogP contribution in [-0.2, 0) is 154 Å². The van der Waals surface area contributed by atoms with Crippen LogP contribution in [0.1, 0.15) is 21.3 Å². The first-order valence-corrected chi connectivity index (χ1v) is 10.1. The van der Waals surface area contributed by atoms with Crippen molar-refractivity contribution in [2.75, 3.05) is 35.1 Å². The zero-order valence-corrected chi connectivity index (χ0v) is 34.9. The van der Waals surface area contributed by atoms with Crippen LogP contribution in [0.5, 0.6) is 0 Å². The van der Waals surface area contributed by atoms with E-state index in [0.29, 0.717) is 0 Å². The molecule has 0 heterocycles. The quantitative estimate of drug-likeness (QED) is 0.182. The smallest absolute Gasteiger partial charge is 0.188 e. The Balaban J connectivity index is -0.00000000848. The molecule has 0 fully saturated rings. The first kappa shape index (κ1) is 99.6. The fourth-order valence-corrected chi connectivity index (χ4v) is 0. The molecule has 196 valence electrons. The predicted octanol–water partition coefficient (Wildman–Crippen LogP) is 4.17. The first-order chi connectivity index (χ1) is 13.4. The maximum Gasteiger partial charge on any atom is 0.188 e. The summed E-state index contributed by atoms with van der Waals surface area (Å²) < 4.78 is 27.0. The molecule has 15 heteroatoms. The van der Waals surface area contributed by atoms with E-state index in [1.54, 1.807) is 13.6 Å². The van der Waals surface area contributed by atoms with Gasteiger partial charge in [0.1, 0.15) is 8.25 Å². The second-order valence-corrected chi connectivity index (χ2v) is 4.27. The molecule has 0 aromatic rings. The average molecular weight is 839 g/mol. The van der Waals surface area contributed by atoms with Gasteiger partial charge in [0, 0.05) is 166 Å². The summed E-state index contributed by atoms with van der Waals surface area (Å²) in [5.41, 5.74) is 0. The SMILES string of the molecule is C.C=C.C=C.C=C.C=C.CO.CO.CO[PH](=O)[O-].CO[PH](C)=O.C[C-]=O.C[C-]=S.[Y].[Y].[Y].[Y]. The van der Waals surface area contributed by atoms with Crippen molar-refractivity contribution in [2.45, 2.75) is 21.3 Å². The van der Waals surface area contributed by atoms with Crippen molar-refractivity contribution in [1.82, 2.24) is 0 Å². The third kappa shape index (κ3) is 722. The maximum absolute atomic E-state index is 9.78. The summed E-state index contributed by atoms with van der Waals surface area (Å²) >= 11 is 4.14. The second-order valence-electron chi connectivity index (χ2n) is 1.56. The van der Waals surface area contributed by atoms with Crippen molar-refractivity contribution >= 4 is 40.2 Å². The minimum absolute atomic E-state index is 0. The van der Waals surface area contributed by atoms with Crippen molar-refractivity contribution < 1.29 is 169 Å². The van der Waals surface area contributed by atoms with E-state index in [-0.39, 0.29) is 138 Å². The van der Waals surface area contributed by atoms with Crippen LogP contribution in [0.4, 0.5) is 0 Å². The van der Waals surface area contributed by atoms with E-state index in [0.717, 1.165) is 21.3 Å². The molecule has 4 radical (unpaired) electrons. The Morgan fingerprint density at radius 3 is 0.818 bits per heavy atom. The second kappa shape index (κ2) is 233. The molecule has 0 bridgehead atoms. The number of carbonyl (C=O) groups excluding carboxylic acids is 1. The van der Waals surface area contributed by atoms with Crippen LogP contribution >= 0.6 is 28.5 Å². The summed E-state index contributed by atoms with van der Waals surface area (Å²) in [6.07, 6.45) is 1.50. The summed E-state index contributed by atoms with van der Waals surface area (Å²) in [5.74, 6) is 0. The fourth-order valence-electron chi connectivity index (χ4n) is 0. The van der Waals surface area contributed by atoms with E-state index >= 15 is 0 Å². The van der Waals surface area contributed by atoms with E-state index < -0.39 is 16.3 Å². The molecule has 0 spiro atoms. The molecule has 0 amide bonds. The predicted molar refractivity (Wildman–Crippen MR) is 136 cm³/mol. The fraction of sp³-hybridized carbons (Fsp3) is 0.444. The Kier molecular flexibility index (Phi) is 704. The molecular weight excluding hydrogens is 794 g/mol. The van der Waals surface area contributed by atoms with Gasteiger partial charge in [0.15, 0.2) is 8.03 Å². The average Bonchev–Trinajstić information content (AvgIpc) is 2.78. The summed E-state index contributed by atoms with van der Waals surface area (Å²) in [6, 6.07) is 0. The molecule has 0 saturated carbocycles. The maximum atomic E-state index is 9.78. The number of rotatable bonds is 2. The Morgan fingerprint density at radius 2 is 0.818 bits per heavy atom. The van der Waals surface area contributed by atoms with Gasteiger partial charge in [-0.3, -0.25) is 10.9 Å². The Bertz CT molecular complexity index is 237. The van der Waals surface area contributed by atoms with Crippen molar-refractivity contribution in [3.8, 4) is 0 Å². The molecule has 0 aliphatic carbocycles. The summed E-state index contributed by atoms with van der Waals surface area (Å²) in [5, 5.41) is 16.3. The summed E-state index contributed by atoms with van der Waals surface area (Å²) in [7, 11) is 0.0532. The third-order valence-corrected chi connectivity index (χ3v) is 1.36. The first-order valence-electron chi connectivity index (χ1n) is 6.64. The van der Waals surface area contributed by atoms with Gasteiger partial charge in [0.2, 0.25) is 0 Å². The molecule has 0 rings (SSSR count). The molecule has 2 unspecified atom stereocenters. The minimum atomic E-state index is -2.87. The van der Waals surface area contributed by atoms with Crippen molar-refractivity contribution in [3.63, 3.8) is 0 Å².